The number of rotatable bonds is 18. The van der Waals surface area contributed by atoms with Crippen molar-refractivity contribution in [2.45, 2.75) is 25.7 Å². The minimum Gasteiger partial charge on any atom is -0.481 e. The van der Waals surface area contributed by atoms with E-state index in [0.717, 1.165) is 35.9 Å². The van der Waals surface area contributed by atoms with Gasteiger partial charge in [0, 0.05) is 47.7 Å². The van der Waals surface area contributed by atoms with Gasteiger partial charge in [0.1, 0.15) is 0 Å². The maximum Gasteiger partial charge on any atom is 0.313 e. The normalized spacial score (nSPS) is 8.80. The van der Waals surface area contributed by atoms with Crippen LogP contribution in [-0.2, 0) is 19.2 Å². The fourth-order valence-corrected chi connectivity index (χ4v) is 4.81. The van der Waals surface area contributed by atoms with Crippen LogP contribution in [0.1, 0.15) is 25.7 Å². The third kappa shape index (κ3) is 107. The maximum atomic E-state index is 9.55. The number of hydrogen-bond acceptors (Lipinski definition) is 16. The molecule has 0 atom stereocenters. The number of aliphatic carboxylic acids is 4. The van der Waals surface area contributed by atoms with Crippen molar-refractivity contribution in [1.82, 2.24) is 0 Å². The van der Waals surface area contributed by atoms with Gasteiger partial charge in [-0.05, 0) is 12.8 Å². The molecule has 244 valence electrons. The second kappa shape index (κ2) is 55.4. The first-order valence-electron chi connectivity index (χ1n) is 11.1. The Morgan fingerprint density at radius 2 is 0.700 bits per heavy atom. The van der Waals surface area contributed by atoms with Crippen molar-refractivity contribution >= 4 is 118 Å². The standard InChI is InChI=1S/C6H14O2S2.C4H10O2S2.2C3H6O2S.2C2H4O2S/c7-3-1-5-9-10-6-2-4-8;5-1-3-7-8-4-2-6;2*4-3(5)1-2-6;2*3-2(4)1-5/h7-8H,1-6H2;5-6H,1-4H2;2*6H,1-2H2,(H,4,5);2*5H,1H2,(H,3,4). The second-order valence-corrected chi connectivity index (χ2v) is 12.7. The summed E-state index contributed by atoms with van der Waals surface area (Å²) >= 11 is 14.2. The predicted octanol–water partition coefficient (Wildman–Crippen LogP) is 2.27. The van der Waals surface area contributed by atoms with Crippen LogP contribution in [0.2, 0.25) is 0 Å². The van der Waals surface area contributed by atoms with Gasteiger partial charge in [0.15, 0.2) is 0 Å². The molecule has 0 unspecified atom stereocenters. The minimum atomic E-state index is -0.881. The van der Waals surface area contributed by atoms with Gasteiger partial charge in [-0.2, -0.15) is 50.5 Å². The van der Waals surface area contributed by atoms with E-state index in [-0.39, 0.29) is 50.8 Å². The average molecular weight is 733 g/mol. The fraction of sp³-hybridized carbons (Fsp3) is 0.800. The molecule has 0 spiro atoms. The van der Waals surface area contributed by atoms with Gasteiger partial charge in [-0.25, -0.2) is 0 Å². The molecule has 12 nitrogen and oxygen atoms in total. The molecule has 0 saturated carbocycles. The Morgan fingerprint density at radius 3 is 0.825 bits per heavy atom. The second-order valence-electron chi connectivity index (χ2n) is 5.73. The van der Waals surface area contributed by atoms with Gasteiger partial charge < -0.3 is 40.9 Å². The van der Waals surface area contributed by atoms with Gasteiger partial charge in [-0.1, -0.05) is 43.2 Å². The zero-order valence-corrected chi connectivity index (χ0v) is 28.8. The summed E-state index contributed by atoms with van der Waals surface area (Å²) < 4.78 is 0. The highest BCUT2D eigenvalue weighted by Gasteiger charge is 1.90. The highest BCUT2D eigenvalue weighted by atomic mass is 33.1. The molecule has 0 aliphatic carbocycles. The lowest BCUT2D eigenvalue weighted by atomic mass is 10.5. The van der Waals surface area contributed by atoms with E-state index in [2.05, 4.69) is 50.5 Å². The van der Waals surface area contributed by atoms with Crippen molar-refractivity contribution in [3.05, 3.63) is 0 Å². The summed E-state index contributed by atoms with van der Waals surface area (Å²) in [5.74, 6) is 0.871. The van der Waals surface area contributed by atoms with Crippen LogP contribution in [0, 0.1) is 0 Å². The van der Waals surface area contributed by atoms with Gasteiger partial charge >= 0.3 is 23.9 Å². The van der Waals surface area contributed by atoms with Crippen molar-refractivity contribution in [3.8, 4) is 0 Å². The first-order valence-corrected chi connectivity index (χ1v) is 18.6. The van der Waals surface area contributed by atoms with Crippen LogP contribution in [0.5, 0.6) is 0 Å². The molecule has 0 aromatic heterocycles. The molecule has 0 rings (SSSR count). The first-order chi connectivity index (χ1) is 18.9. The Bertz CT molecular complexity index is 480. The smallest absolute Gasteiger partial charge is 0.313 e. The third-order valence-electron chi connectivity index (χ3n) is 2.21. The van der Waals surface area contributed by atoms with Crippen LogP contribution < -0.4 is 0 Å². The summed E-state index contributed by atoms with van der Waals surface area (Å²) in [5, 5.41) is 64.4. The van der Waals surface area contributed by atoms with E-state index in [0.29, 0.717) is 11.5 Å². The largest absolute Gasteiger partial charge is 0.481 e. The molecular formula is C20H44O12S8. The average Bonchev–Trinajstić information content (AvgIpc) is 2.90. The number of carboxylic acids is 4. The van der Waals surface area contributed by atoms with Crippen LogP contribution in [0.4, 0.5) is 0 Å². The lowest BCUT2D eigenvalue weighted by Crippen LogP contribution is -1.93. The first kappa shape index (κ1) is 53.1. The molecule has 40 heavy (non-hydrogen) atoms. The molecule has 0 aliphatic rings. The molecule has 0 aromatic rings. The van der Waals surface area contributed by atoms with Crippen LogP contribution >= 0.6 is 93.7 Å². The maximum absolute atomic E-state index is 9.55. The topological polar surface area (TPSA) is 230 Å². The van der Waals surface area contributed by atoms with E-state index in [1.165, 1.54) is 0 Å². The molecule has 0 aromatic carbocycles. The summed E-state index contributed by atoms with van der Waals surface area (Å²) in [7, 11) is 6.70. The highest BCUT2D eigenvalue weighted by Crippen LogP contribution is 2.22. The van der Waals surface area contributed by atoms with Gasteiger partial charge in [-0.15, -0.1) is 0 Å². The van der Waals surface area contributed by atoms with Crippen molar-refractivity contribution in [2.75, 3.05) is 72.5 Å². The molecule has 0 amide bonds. The Kier molecular flexibility index (Phi) is 73.6. The third-order valence-corrected chi connectivity index (χ3v) is 8.14. The number of carboxylic acid groups (broad SMARTS) is 4. The van der Waals surface area contributed by atoms with Crippen LogP contribution in [0.3, 0.4) is 0 Å². The molecule has 0 saturated heterocycles. The quantitative estimate of drug-likeness (QED) is 0.0551. The summed E-state index contributed by atoms with van der Waals surface area (Å²) in [6.07, 6.45) is 2.06. The Labute approximate surface area is 274 Å². The monoisotopic (exact) mass is 732 g/mol. The van der Waals surface area contributed by atoms with Gasteiger partial charge in [-0.3, -0.25) is 19.2 Å². The summed E-state index contributed by atoms with van der Waals surface area (Å²) in [5.41, 5.74) is 0. The number of carbonyl (C=O) groups is 4. The van der Waals surface area contributed by atoms with E-state index in [1.807, 2.05) is 0 Å². The van der Waals surface area contributed by atoms with Gasteiger partial charge in [0.25, 0.3) is 0 Å². The van der Waals surface area contributed by atoms with Crippen LogP contribution in [0.25, 0.3) is 0 Å². The Morgan fingerprint density at radius 1 is 0.450 bits per heavy atom. The van der Waals surface area contributed by atoms with E-state index in [4.69, 9.17) is 40.9 Å². The van der Waals surface area contributed by atoms with E-state index < -0.39 is 23.9 Å². The molecule has 0 bridgehead atoms. The van der Waals surface area contributed by atoms with Gasteiger partial charge in [0.2, 0.25) is 0 Å². The fourth-order valence-electron chi connectivity index (χ4n) is 0.748. The van der Waals surface area contributed by atoms with Gasteiger partial charge in [0.05, 0.1) is 37.6 Å². The molecule has 8 N–H and O–H groups in total. The highest BCUT2D eigenvalue weighted by molar-refractivity contribution is 8.77. The molecule has 0 aliphatic heterocycles. The molecular weight excluding hydrogens is 689 g/mol. The zero-order chi connectivity index (χ0) is 32.5. The molecule has 20 heteroatoms. The Balaban J connectivity index is -0.0000000885. The molecule has 0 heterocycles. The Hall–Kier alpha value is 0.520. The summed E-state index contributed by atoms with van der Waals surface area (Å²) in [6.45, 7) is 1.02. The number of aliphatic hydroxyl groups excluding tert-OH is 4. The van der Waals surface area contributed by atoms with E-state index in [1.54, 1.807) is 43.2 Å². The number of aliphatic hydroxyl groups is 4. The lowest BCUT2D eigenvalue weighted by Gasteiger charge is -1.96. The SMILES string of the molecule is O=C(O)CCS.O=C(O)CCS.O=C(O)CS.O=C(O)CS.OCCCSSCCCO.OCCSSCCO. The number of thiol groups is 4. The predicted molar refractivity (Wildman–Crippen MR) is 183 cm³/mol. The number of hydrogen-bond donors (Lipinski definition) is 12. The molecule has 0 radical (unpaired) electrons. The van der Waals surface area contributed by atoms with Crippen LogP contribution in [-0.4, -0.2) is 137 Å². The van der Waals surface area contributed by atoms with Crippen LogP contribution in [0.15, 0.2) is 0 Å². The van der Waals surface area contributed by atoms with Crippen molar-refractivity contribution < 1.29 is 60.0 Å². The molecule has 0 fully saturated rings. The van der Waals surface area contributed by atoms with Crippen molar-refractivity contribution in [3.63, 3.8) is 0 Å². The summed E-state index contributed by atoms with van der Waals surface area (Å²) in [6, 6.07) is 0. The summed E-state index contributed by atoms with van der Waals surface area (Å²) in [4.78, 5) is 37.7. The van der Waals surface area contributed by atoms with E-state index >= 15 is 0 Å². The lowest BCUT2D eigenvalue weighted by molar-refractivity contribution is -0.137. The minimum absolute atomic E-state index is 0.0833. The van der Waals surface area contributed by atoms with E-state index in [9.17, 15) is 19.2 Å². The van der Waals surface area contributed by atoms with Crippen molar-refractivity contribution in [2.24, 2.45) is 0 Å². The zero-order valence-electron chi connectivity index (χ0n) is 21.9. The van der Waals surface area contributed by atoms with Crippen molar-refractivity contribution in [1.29, 1.82) is 0 Å².